The molecule has 0 amide bonds. The Labute approximate surface area is 41.5 Å². The van der Waals surface area contributed by atoms with Crippen LogP contribution in [0.2, 0.25) is 0 Å². The standard InChI is InChI=1S/C4H8O3/c1-2-3(5)4(6)7/h5-7H,2H2,1H3. The third kappa shape index (κ3) is 1.92. The number of hydrogen-bond acceptors (Lipinski definition) is 3. The minimum Gasteiger partial charge on any atom is -0.506 e. The van der Waals surface area contributed by atoms with Gasteiger partial charge in [0.2, 0.25) is 0 Å². The van der Waals surface area contributed by atoms with Gasteiger partial charge in [-0.1, -0.05) is 6.92 Å². The van der Waals surface area contributed by atoms with Gasteiger partial charge in [0.05, 0.1) is 0 Å². The first-order valence-corrected chi connectivity index (χ1v) is 1.98. The number of rotatable bonds is 1. The van der Waals surface area contributed by atoms with Gasteiger partial charge in [-0.2, -0.15) is 0 Å². The Morgan fingerprint density at radius 3 is 1.71 bits per heavy atom. The molecular weight excluding hydrogens is 96.0 g/mol. The molecule has 0 aliphatic carbocycles. The molecule has 3 nitrogen and oxygen atoms in total. The molecule has 0 fully saturated rings. The van der Waals surface area contributed by atoms with Crippen LogP contribution in [0, 0.1) is 0 Å². The lowest BCUT2D eigenvalue weighted by Gasteiger charge is -1.90. The van der Waals surface area contributed by atoms with E-state index in [2.05, 4.69) is 0 Å². The average molecular weight is 104 g/mol. The lowest BCUT2D eigenvalue weighted by Crippen LogP contribution is -1.85. The summed E-state index contributed by atoms with van der Waals surface area (Å²) in [5.74, 6) is -1.36. The Morgan fingerprint density at radius 2 is 1.71 bits per heavy atom. The van der Waals surface area contributed by atoms with Crippen LogP contribution in [-0.2, 0) is 0 Å². The van der Waals surface area contributed by atoms with Gasteiger partial charge < -0.3 is 15.3 Å². The summed E-state index contributed by atoms with van der Waals surface area (Å²) in [5, 5.41) is 24.3. The quantitative estimate of drug-likeness (QED) is 0.438. The first-order chi connectivity index (χ1) is 3.18. The predicted molar refractivity (Wildman–Crippen MR) is 25.2 cm³/mol. The van der Waals surface area contributed by atoms with Crippen LogP contribution in [0.15, 0.2) is 11.7 Å². The van der Waals surface area contributed by atoms with Crippen molar-refractivity contribution in [3.05, 3.63) is 11.7 Å². The molecule has 0 saturated heterocycles. The molecule has 3 N–H and O–H groups in total. The van der Waals surface area contributed by atoms with E-state index >= 15 is 0 Å². The topological polar surface area (TPSA) is 60.7 Å². The van der Waals surface area contributed by atoms with Crippen molar-refractivity contribution in [3.8, 4) is 0 Å². The van der Waals surface area contributed by atoms with Gasteiger partial charge in [0.25, 0.3) is 0 Å². The van der Waals surface area contributed by atoms with E-state index in [9.17, 15) is 0 Å². The van der Waals surface area contributed by atoms with E-state index < -0.39 is 5.95 Å². The largest absolute Gasteiger partial charge is 0.506 e. The fraction of sp³-hybridized carbons (Fsp3) is 0.500. The molecule has 0 unspecified atom stereocenters. The van der Waals surface area contributed by atoms with Gasteiger partial charge in [0.15, 0.2) is 5.76 Å². The van der Waals surface area contributed by atoms with Crippen LogP contribution in [0.25, 0.3) is 0 Å². The molecule has 0 aromatic rings. The monoisotopic (exact) mass is 104 g/mol. The Hall–Kier alpha value is -0.860. The molecule has 0 rings (SSSR count). The summed E-state index contributed by atoms with van der Waals surface area (Å²) in [5.41, 5.74) is 0. The minimum atomic E-state index is -0.984. The maximum atomic E-state index is 8.31. The highest BCUT2D eigenvalue weighted by Gasteiger charge is 1.93. The molecule has 0 heterocycles. The molecule has 0 aliphatic rings. The zero-order valence-corrected chi connectivity index (χ0v) is 4.05. The zero-order chi connectivity index (χ0) is 5.86. The summed E-state index contributed by atoms with van der Waals surface area (Å²) in [7, 11) is 0. The molecule has 0 bridgehead atoms. The molecule has 0 aromatic heterocycles. The fourth-order valence-corrected chi connectivity index (χ4v) is 0.158. The Balaban J connectivity index is 3.72. The van der Waals surface area contributed by atoms with Crippen molar-refractivity contribution in [2.45, 2.75) is 13.3 Å². The van der Waals surface area contributed by atoms with Crippen LogP contribution < -0.4 is 0 Å². The molecule has 0 spiro atoms. The van der Waals surface area contributed by atoms with Crippen LogP contribution >= 0.6 is 0 Å². The maximum absolute atomic E-state index is 8.31. The van der Waals surface area contributed by atoms with Gasteiger partial charge >= 0.3 is 5.95 Å². The van der Waals surface area contributed by atoms with Gasteiger partial charge in [-0.05, 0) is 0 Å². The smallest absolute Gasteiger partial charge is 0.313 e. The summed E-state index contributed by atoms with van der Waals surface area (Å²) in [4.78, 5) is 0. The summed E-state index contributed by atoms with van der Waals surface area (Å²) >= 11 is 0. The van der Waals surface area contributed by atoms with Crippen molar-refractivity contribution in [1.82, 2.24) is 0 Å². The van der Waals surface area contributed by atoms with Crippen LogP contribution in [0.4, 0.5) is 0 Å². The third-order valence-electron chi connectivity index (χ3n) is 0.593. The fourth-order valence-electron chi connectivity index (χ4n) is 0.158. The minimum absolute atomic E-state index is 0.252. The molecule has 0 saturated carbocycles. The van der Waals surface area contributed by atoms with Gasteiger partial charge in [-0.25, -0.2) is 0 Å². The molecule has 0 aromatic carbocycles. The molecule has 42 valence electrons. The molecule has 0 radical (unpaired) electrons. The first-order valence-electron chi connectivity index (χ1n) is 1.98. The van der Waals surface area contributed by atoms with Gasteiger partial charge in [-0.15, -0.1) is 0 Å². The summed E-state index contributed by atoms with van der Waals surface area (Å²) in [6.45, 7) is 1.61. The highest BCUT2D eigenvalue weighted by molar-refractivity contribution is 4.86. The Morgan fingerprint density at radius 1 is 1.29 bits per heavy atom. The van der Waals surface area contributed by atoms with Crippen molar-refractivity contribution < 1.29 is 15.3 Å². The van der Waals surface area contributed by atoms with E-state index in [1.807, 2.05) is 0 Å². The van der Waals surface area contributed by atoms with E-state index in [1.54, 1.807) is 6.92 Å². The maximum Gasteiger partial charge on any atom is 0.313 e. The SMILES string of the molecule is CCC(O)=C(O)O. The molecule has 0 atom stereocenters. The molecule has 7 heavy (non-hydrogen) atoms. The summed E-state index contributed by atoms with van der Waals surface area (Å²) in [6, 6.07) is 0. The van der Waals surface area contributed by atoms with Gasteiger partial charge in [0.1, 0.15) is 0 Å². The highest BCUT2D eigenvalue weighted by Crippen LogP contribution is 1.95. The summed E-state index contributed by atoms with van der Waals surface area (Å²) < 4.78 is 0. The van der Waals surface area contributed by atoms with Crippen LogP contribution in [0.5, 0.6) is 0 Å². The van der Waals surface area contributed by atoms with Crippen molar-refractivity contribution in [1.29, 1.82) is 0 Å². The average Bonchev–Trinajstić information content (AvgIpc) is 1.65. The molecular formula is C4H8O3. The zero-order valence-electron chi connectivity index (χ0n) is 4.05. The summed E-state index contributed by atoms with van der Waals surface area (Å²) in [6.07, 6.45) is 0.252. The lowest BCUT2D eigenvalue weighted by molar-refractivity contribution is 0.155. The first kappa shape index (κ1) is 6.14. The molecule has 3 heteroatoms. The van der Waals surface area contributed by atoms with Crippen molar-refractivity contribution in [3.63, 3.8) is 0 Å². The van der Waals surface area contributed by atoms with E-state index in [4.69, 9.17) is 15.3 Å². The van der Waals surface area contributed by atoms with Gasteiger partial charge in [0, 0.05) is 6.42 Å². The Kier molecular flexibility index (Phi) is 2.05. The number of aliphatic hydroxyl groups excluding tert-OH is 2. The van der Waals surface area contributed by atoms with Crippen molar-refractivity contribution >= 4 is 0 Å². The number of allylic oxidation sites excluding steroid dienone is 1. The van der Waals surface area contributed by atoms with Crippen molar-refractivity contribution in [2.75, 3.05) is 0 Å². The van der Waals surface area contributed by atoms with Crippen LogP contribution in [0.3, 0.4) is 0 Å². The molecule has 0 aliphatic heterocycles. The van der Waals surface area contributed by atoms with E-state index in [0.29, 0.717) is 0 Å². The number of aliphatic hydroxyl groups is 3. The predicted octanol–water partition coefficient (Wildman–Crippen LogP) is 1.24. The lowest BCUT2D eigenvalue weighted by atomic mass is 10.4. The van der Waals surface area contributed by atoms with E-state index in [1.165, 1.54) is 0 Å². The highest BCUT2D eigenvalue weighted by atomic mass is 16.5. The van der Waals surface area contributed by atoms with Gasteiger partial charge in [-0.3, -0.25) is 0 Å². The number of hydrogen-bond donors (Lipinski definition) is 3. The normalized spacial score (nSPS) is 8.14. The van der Waals surface area contributed by atoms with E-state index in [0.717, 1.165) is 0 Å². The van der Waals surface area contributed by atoms with Crippen LogP contribution in [-0.4, -0.2) is 15.3 Å². The van der Waals surface area contributed by atoms with Crippen molar-refractivity contribution in [2.24, 2.45) is 0 Å². The third-order valence-corrected chi connectivity index (χ3v) is 0.593. The van der Waals surface area contributed by atoms with E-state index in [-0.39, 0.29) is 12.2 Å². The second kappa shape index (κ2) is 2.34. The Bertz CT molecular complexity index is 80.9. The second-order valence-corrected chi connectivity index (χ2v) is 1.12. The van der Waals surface area contributed by atoms with Crippen LogP contribution in [0.1, 0.15) is 13.3 Å². The second-order valence-electron chi connectivity index (χ2n) is 1.12.